The molecule has 0 amide bonds. The number of nitrogens with two attached hydrogens (primary N) is 1. The maximum atomic E-state index is 5.68. The second-order valence-electron chi connectivity index (χ2n) is 4.93. The fourth-order valence-electron chi connectivity index (χ4n) is 1.77. The van der Waals surface area contributed by atoms with E-state index in [1.807, 2.05) is 0 Å². The molecule has 0 fully saturated rings. The van der Waals surface area contributed by atoms with Crippen LogP contribution in [0.15, 0.2) is 4.99 Å². The predicted molar refractivity (Wildman–Crippen MR) is 83.6 cm³/mol. The number of nitrogens with zero attached hydrogens (tertiary/aromatic N) is 1. The molecule has 0 unspecified atom stereocenters. The van der Waals surface area contributed by atoms with Crippen molar-refractivity contribution in [3.05, 3.63) is 0 Å². The predicted octanol–water partition coefficient (Wildman–Crippen LogP) is 3.07. The summed E-state index contributed by atoms with van der Waals surface area (Å²) in [5.74, 6) is 0.553. The molecule has 0 aliphatic rings. The summed E-state index contributed by atoms with van der Waals surface area (Å²) in [7, 11) is 0. The van der Waals surface area contributed by atoms with Crippen LogP contribution in [0.5, 0.6) is 0 Å². The lowest BCUT2D eigenvalue weighted by Gasteiger charge is -2.06. The zero-order valence-corrected chi connectivity index (χ0v) is 12.9. The van der Waals surface area contributed by atoms with Crippen molar-refractivity contribution in [1.82, 2.24) is 5.32 Å². The molecule has 4 heteroatoms. The molecule has 0 saturated carbocycles. The maximum Gasteiger partial charge on any atom is 0.188 e. The third-order valence-electron chi connectivity index (χ3n) is 2.92. The van der Waals surface area contributed by atoms with Gasteiger partial charge in [0, 0.05) is 26.3 Å². The van der Waals surface area contributed by atoms with Crippen LogP contribution in [0, 0.1) is 0 Å². The number of hydrogen-bond donors (Lipinski definition) is 2. The molecule has 0 aromatic heterocycles. The molecule has 114 valence electrons. The summed E-state index contributed by atoms with van der Waals surface area (Å²) in [5, 5.41) is 3.09. The minimum Gasteiger partial charge on any atom is -0.381 e. The van der Waals surface area contributed by atoms with E-state index in [2.05, 4.69) is 24.2 Å². The Balaban J connectivity index is 3.10. The van der Waals surface area contributed by atoms with Crippen LogP contribution >= 0.6 is 0 Å². The molecule has 0 aliphatic carbocycles. The summed E-state index contributed by atoms with van der Waals surface area (Å²) in [6.07, 6.45) is 9.91. The van der Waals surface area contributed by atoms with E-state index < -0.39 is 0 Å². The molecule has 0 bridgehead atoms. The topological polar surface area (TPSA) is 59.6 Å². The van der Waals surface area contributed by atoms with E-state index in [4.69, 9.17) is 10.5 Å². The molecule has 0 aromatic carbocycles. The second-order valence-corrected chi connectivity index (χ2v) is 4.93. The Labute approximate surface area is 119 Å². The summed E-state index contributed by atoms with van der Waals surface area (Å²) in [6, 6.07) is 0. The largest absolute Gasteiger partial charge is 0.381 e. The van der Waals surface area contributed by atoms with Crippen molar-refractivity contribution in [3.8, 4) is 0 Å². The Kier molecular flexibility index (Phi) is 14.7. The molecule has 0 atom stereocenters. The quantitative estimate of drug-likeness (QED) is 0.307. The van der Waals surface area contributed by atoms with Gasteiger partial charge in [0.2, 0.25) is 0 Å². The van der Waals surface area contributed by atoms with Gasteiger partial charge in [-0.2, -0.15) is 0 Å². The molecule has 3 N–H and O–H groups in total. The van der Waals surface area contributed by atoms with Gasteiger partial charge in [0.15, 0.2) is 5.96 Å². The van der Waals surface area contributed by atoms with Crippen LogP contribution in [-0.2, 0) is 4.74 Å². The summed E-state index contributed by atoms with van der Waals surface area (Å²) in [5.41, 5.74) is 5.68. The van der Waals surface area contributed by atoms with Crippen LogP contribution in [0.2, 0.25) is 0 Å². The van der Waals surface area contributed by atoms with Crippen molar-refractivity contribution in [2.45, 2.75) is 65.2 Å². The molecule has 4 nitrogen and oxygen atoms in total. The van der Waals surface area contributed by atoms with Crippen LogP contribution in [-0.4, -0.2) is 32.3 Å². The average Bonchev–Trinajstić information content (AvgIpc) is 2.42. The zero-order valence-electron chi connectivity index (χ0n) is 12.9. The van der Waals surface area contributed by atoms with Crippen LogP contribution < -0.4 is 11.1 Å². The van der Waals surface area contributed by atoms with Crippen LogP contribution in [0.3, 0.4) is 0 Å². The van der Waals surface area contributed by atoms with Gasteiger partial charge in [0.05, 0.1) is 0 Å². The number of hydrogen-bond acceptors (Lipinski definition) is 2. The third kappa shape index (κ3) is 15.2. The monoisotopic (exact) mass is 271 g/mol. The van der Waals surface area contributed by atoms with Gasteiger partial charge in [-0.15, -0.1) is 0 Å². The molecule has 0 heterocycles. The van der Waals surface area contributed by atoms with Gasteiger partial charge >= 0.3 is 0 Å². The third-order valence-corrected chi connectivity index (χ3v) is 2.92. The summed E-state index contributed by atoms with van der Waals surface area (Å²) in [4.78, 5) is 4.17. The number of rotatable bonds is 13. The first-order valence-electron chi connectivity index (χ1n) is 7.92. The smallest absolute Gasteiger partial charge is 0.188 e. The normalized spacial score (nSPS) is 11.8. The second kappa shape index (κ2) is 15.3. The van der Waals surface area contributed by atoms with Gasteiger partial charge in [-0.1, -0.05) is 46.0 Å². The van der Waals surface area contributed by atoms with E-state index in [0.29, 0.717) is 5.96 Å². The van der Waals surface area contributed by atoms with Crippen molar-refractivity contribution >= 4 is 5.96 Å². The van der Waals surface area contributed by atoms with E-state index in [9.17, 15) is 0 Å². The fraction of sp³-hybridized carbons (Fsp3) is 0.933. The van der Waals surface area contributed by atoms with Crippen molar-refractivity contribution in [1.29, 1.82) is 0 Å². The Hall–Kier alpha value is -0.770. The molecule has 0 rings (SSSR count). The Morgan fingerprint density at radius 3 is 2.37 bits per heavy atom. The van der Waals surface area contributed by atoms with E-state index in [1.165, 1.54) is 38.5 Å². The first-order chi connectivity index (χ1) is 9.31. The first-order valence-corrected chi connectivity index (χ1v) is 7.92. The highest BCUT2D eigenvalue weighted by Crippen LogP contribution is 2.04. The Bertz CT molecular complexity index is 208. The molecule has 19 heavy (non-hydrogen) atoms. The minimum absolute atomic E-state index is 0.553. The lowest BCUT2D eigenvalue weighted by Crippen LogP contribution is -2.33. The number of guanidine groups is 1. The molecule has 0 aromatic rings. The van der Waals surface area contributed by atoms with Gasteiger partial charge in [-0.25, -0.2) is 0 Å². The van der Waals surface area contributed by atoms with Gasteiger partial charge in [0.25, 0.3) is 0 Å². The van der Waals surface area contributed by atoms with E-state index in [-0.39, 0.29) is 0 Å². The van der Waals surface area contributed by atoms with Gasteiger partial charge in [-0.3, -0.25) is 4.99 Å². The molecule has 0 radical (unpaired) electrons. The number of nitrogens with one attached hydrogen (secondary N) is 1. The van der Waals surface area contributed by atoms with E-state index in [0.717, 1.165) is 39.1 Å². The lowest BCUT2D eigenvalue weighted by atomic mass is 10.1. The molecule has 0 aliphatic heterocycles. The summed E-state index contributed by atoms with van der Waals surface area (Å²) < 4.78 is 5.58. The minimum atomic E-state index is 0.553. The highest BCUT2D eigenvalue weighted by molar-refractivity contribution is 5.77. The summed E-state index contributed by atoms with van der Waals surface area (Å²) in [6.45, 7) is 7.68. The van der Waals surface area contributed by atoms with Crippen LogP contribution in [0.4, 0.5) is 0 Å². The zero-order chi connectivity index (χ0) is 14.2. The number of ether oxygens (including phenoxy) is 1. The lowest BCUT2D eigenvalue weighted by molar-refractivity contribution is 0.128. The van der Waals surface area contributed by atoms with Gasteiger partial charge in [-0.05, 0) is 19.3 Å². The van der Waals surface area contributed by atoms with Crippen molar-refractivity contribution in [3.63, 3.8) is 0 Å². The standard InChI is InChI=1S/C15H33N3O/c1-3-5-6-7-8-9-13-19-14-10-12-18-15(16)17-11-4-2/h3-14H2,1-2H3,(H3,16,17,18). The molecular weight excluding hydrogens is 238 g/mol. The van der Waals surface area contributed by atoms with Crippen molar-refractivity contribution in [2.24, 2.45) is 10.7 Å². The fourth-order valence-corrected chi connectivity index (χ4v) is 1.77. The van der Waals surface area contributed by atoms with E-state index in [1.54, 1.807) is 0 Å². The van der Waals surface area contributed by atoms with Gasteiger partial charge in [0.1, 0.15) is 0 Å². The molecule has 0 saturated heterocycles. The van der Waals surface area contributed by atoms with Crippen molar-refractivity contribution in [2.75, 3.05) is 26.3 Å². The average molecular weight is 271 g/mol. The number of aliphatic imine (C=N–C) groups is 1. The molecular formula is C15H33N3O. The van der Waals surface area contributed by atoms with Crippen LogP contribution in [0.25, 0.3) is 0 Å². The Morgan fingerprint density at radius 1 is 0.947 bits per heavy atom. The van der Waals surface area contributed by atoms with Gasteiger partial charge < -0.3 is 15.8 Å². The summed E-state index contributed by atoms with van der Waals surface area (Å²) >= 11 is 0. The SMILES string of the molecule is CCCCCCCCOCCCNC(N)=NCCC. The maximum absolute atomic E-state index is 5.68. The Morgan fingerprint density at radius 2 is 1.63 bits per heavy atom. The first kappa shape index (κ1) is 18.2. The number of unbranched alkanes of at least 4 members (excludes halogenated alkanes) is 5. The van der Waals surface area contributed by atoms with Crippen LogP contribution in [0.1, 0.15) is 65.2 Å². The highest BCUT2D eigenvalue weighted by Gasteiger charge is 1.93. The van der Waals surface area contributed by atoms with Crippen molar-refractivity contribution < 1.29 is 4.74 Å². The highest BCUT2D eigenvalue weighted by atomic mass is 16.5. The van der Waals surface area contributed by atoms with E-state index >= 15 is 0 Å². The molecule has 0 spiro atoms.